The lowest BCUT2D eigenvalue weighted by Crippen LogP contribution is -1.89. The predicted octanol–water partition coefficient (Wildman–Crippen LogP) is 3.26. The zero-order chi connectivity index (χ0) is 14.8. The molecule has 0 saturated heterocycles. The van der Waals surface area contributed by atoms with Gasteiger partial charge in [-0.2, -0.15) is 4.98 Å². The summed E-state index contributed by atoms with van der Waals surface area (Å²) in [5, 5.41) is 13.1. The Labute approximate surface area is 119 Å². The van der Waals surface area contributed by atoms with Crippen LogP contribution in [-0.2, 0) is 0 Å². The Balaban J connectivity index is 1.96. The first-order valence-electron chi connectivity index (χ1n) is 6.14. The average Bonchev–Trinajstić information content (AvgIpc) is 2.98. The molecule has 0 spiro atoms. The zero-order valence-corrected chi connectivity index (χ0v) is 11.1. The average molecular weight is 286 g/mol. The number of phenols is 1. The van der Waals surface area contributed by atoms with Crippen LogP contribution in [0, 0.1) is 5.82 Å². The third-order valence-electron chi connectivity index (χ3n) is 2.95. The fraction of sp³-hybridized carbons (Fsp3) is 0.0667. The largest absolute Gasteiger partial charge is 0.508 e. The number of aromatic nitrogens is 2. The number of methoxy groups -OCH3 is 1. The van der Waals surface area contributed by atoms with Crippen molar-refractivity contribution in [3.05, 3.63) is 48.3 Å². The number of aromatic hydroxyl groups is 1. The minimum atomic E-state index is -0.459. The highest BCUT2D eigenvalue weighted by atomic mass is 19.1. The maximum absolute atomic E-state index is 13.4. The number of phenolic OH excluding ortho intramolecular Hbond substituents is 1. The Bertz CT molecular complexity index is 769. The molecule has 5 nitrogen and oxygen atoms in total. The third-order valence-corrected chi connectivity index (χ3v) is 2.95. The van der Waals surface area contributed by atoms with Gasteiger partial charge in [0, 0.05) is 11.1 Å². The normalized spacial score (nSPS) is 10.6. The second-order valence-corrected chi connectivity index (χ2v) is 4.32. The molecule has 1 N–H and O–H groups in total. The van der Waals surface area contributed by atoms with Gasteiger partial charge in [-0.25, -0.2) is 4.39 Å². The monoisotopic (exact) mass is 286 g/mol. The minimum absolute atomic E-state index is 0.108. The van der Waals surface area contributed by atoms with Gasteiger partial charge < -0.3 is 14.4 Å². The predicted molar refractivity (Wildman–Crippen MR) is 73.3 cm³/mol. The van der Waals surface area contributed by atoms with Crippen LogP contribution < -0.4 is 4.74 Å². The Morgan fingerprint density at radius 3 is 2.52 bits per heavy atom. The van der Waals surface area contributed by atoms with Crippen LogP contribution in [0.3, 0.4) is 0 Å². The first-order valence-corrected chi connectivity index (χ1v) is 6.14. The van der Waals surface area contributed by atoms with E-state index >= 15 is 0 Å². The lowest BCUT2D eigenvalue weighted by molar-refractivity contribution is 0.386. The first-order chi connectivity index (χ1) is 10.2. The van der Waals surface area contributed by atoms with Gasteiger partial charge in [0.05, 0.1) is 7.11 Å². The molecule has 0 bridgehead atoms. The van der Waals surface area contributed by atoms with Crippen molar-refractivity contribution in [3.63, 3.8) is 0 Å². The van der Waals surface area contributed by atoms with Gasteiger partial charge in [0.25, 0.3) is 5.89 Å². The Kier molecular flexibility index (Phi) is 3.27. The molecule has 106 valence electrons. The molecule has 0 radical (unpaired) electrons. The number of halogens is 1. The molecule has 6 heteroatoms. The van der Waals surface area contributed by atoms with Crippen molar-refractivity contribution in [1.82, 2.24) is 10.1 Å². The molecule has 0 saturated carbocycles. The standard InChI is InChI=1S/C15H11FN2O3/c1-20-13-8-10(4-7-12(13)16)15-17-14(18-21-15)9-2-5-11(19)6-3-9/h2-8,19H,1H3. The summed E-state index contributed by atoms with van der Waals surface area (Å²) in [7, 11) is 1.39. The van der Waals surface area contributed by atoms with Gasteiger partial charge in [-0.1, -0.05) is 5.16 Å². The minimum Gasteiger partial charge on any atom is -0.508 e. The number of hydrogen-bond donors (Lipinski definition) is 1. The highest BCUT2D eigenvalue weighted by Crippen LogP contribution is 2.27. The topological polar surface area (TPSA) is 68.4 Å². The molecule has 0 aliphatic carbocycles. The van der Waals surface area contributed by atoms with Gasteiger partial charge in [0.2, 0.25) is 5.82 Å². The van der Waals surface area contributed by atoms with E-state index in [-0.39, 0.29) is 17.4 Å². The summed E-state index contributed by atoms with van der Waals surface area (Å²) < 4.78 is 23.5. The SMILES string of the molecule is COc1cc(-c2nc(-c3ccc(O)cc3)no2)ccc1F. The van der Waals surface area contributed by atoms with Gasteiger partial charge in [-0.05, 0) is 42.5 Å². The second-order valence-electron chi connectivity index (χ2n) is 4.32. The maximum Gasteiger partial charge on any atom is 0.258 e. The van der Waals surface area contributed by atoms with Crippen molar-refractivity contribution in [2.45, 2.75) is 0 Å². The Morgan fingerprint density at radius 2 is 1.81 bits per heavy atom. The molecular weight excluding hydrogens is 275 g/mol. The fourth-order valence-corrected chi connectivity index (χ4v) is 1.86. The first kappa shape index (κ1) is 13.1. The Hall–Kier alpha value is -2.89. The van der Waals surface area contributed by atoms with Crippen molar-refractivity contribution < 1.29 is 18.8 Å². The van der Waals surface area contributed by atoms with E-state index in [2.05, 4.69) is 10.1 Å². The molecule has 0 unspecified atom stereocenters. The number of benzene rings is 2. The van der Waals surface area contributed by atoms with Crippen LogP contribution in [0.15, 0.2) is 47.0 Å². The van der Waals surface area contributed by atoms with Gasteiger partial charge in [-0.3, -0.25) is 0 Å². The summed E-state index contributed by atoms with van der Waals surface area (Å²) in [6, 6.07) is 10.7. The lowest BCUT2D eigenvalue weighted by atomic mass is 10.2. The summed E-state index contributed by atoms with van der Waals surface area (Å²) in [5.74, 6) is 0.451. The molecule has 0 fully saturated rings. The number of rotatable bonds is 3. The molecule has 0 atom stereocenters. The van der Waals surface area contributed by atoms with E-state index in [0.29, 0.717) is 17.0 Å². The quantitative estimate of drug-likeness (QED) is 0.800. The number of hydrogen-bond acceptors (Lipinski definition) is 5. The van der Waals surface area contributed by atoms with Gasteiger partial charge in [0.1, 0.15) is 5.75 Å². The van der Waals surface area contributed by atoms with Crippen molar-refractivity contribution in [2.75, 3.05) is 7.11 Å². The van der Waals surface area contributed by atoms with Crippen LogP contribution in [0.1, 0.15) is 0 Å². The molecular formula is C15H11FN2O3. The summed E-state index contributed by atoms with van der Waals surface area (Å²) in [4.78, 5) is 4.25. The summed E-state index contributed by atoms with van der Waals surface area (Å²) in [6.45, 7) is 0. The van der Waals surface area contributed by atoms with E-state index in [4.69, 9.17) is 9.26 Å². The van der Waals surface area contributed by atoms with Gasteiger partial charge >= 0.3 is 0 Å². The highest BCUT2D eigenvalue weighted by molar-refractivity contribution is 5.61. The van der Waals surface area contributed by atoms with E-state index in [1.165, 1.54) is 37.4 Å². The maximum atomic E-state index is 13.4. The van der Waals surface area contributed by atoms with E-state index in [1.54, 1.807) is 12.1 Å². The Morgan fingerprint density at radius 1 is 1.10 bits per heavy atom. The van der Waals surface area contributed by atoms with E-state index in [0.717, 1.165) is 0 Å². The molecule has 1 aromatic heterocycles. The fourth-order valence-electron chi connectivity index (χ4n) is 1.86. The summed E-state index contributed by atoms with van der Waals surface area (Å²) in [5.41, 5.74) is 1.27. The summed E-state index contributed by atoms with van der Waals surface area (Å²) >= 11 is 0. The number of nitrogens with zero attached hydrogens (tertiary/aromatic N) is 2. The van der Waals surface area contributed by atoms with Crippen LogP contribution in [-0.4, -0.2) is 22.4 Å². The van der Waals surface area contributed by atoms with E-state index in [9.17, 15) is 9.50 Å². The van der Waals surface area contributed by atoms with Crippen molar-refractivity contribution in [2.24, 2.45) is 0 Å². The van der Waals surface area contributed by atoms with Crippen LogP contribution in [0.2, 0.25) is 0 Å². The van der Waals surface area contributed by atoms with Crippen molar-refractivity contribution in [3.8, 4) is 34.3 Å². The van der Waals surface area contributed by atoms with Crippen LogP contribution in [0.25, 0.3) is 22.8 Å². The molecule has 3 aromatic rings. The zero-order valence-electron chi connectivity index (χ0n) is 11.1. The molecule has 0 aliphatic heterocycles. The van der Waals surface area contributed by atoms with Gasteiger partial charge in [-0.15, -0.1) is 0 Å². The van der Waals surface area contributed by atoms with Crippen LogP contribution >= 0.6 is 0 Å². The van der Waals surface area contributed by atoms with E-state index < -0.39 is 5.82 Å². The summed E-state index contributed by atoms with van der Waals surface area (Å²) in [6.07, 6.45) is 0. The van der Waals surface area contributed by atoms with Crippen molar-refractivity contribution in [1.29, 1.82) is 0 Å². The molecule has 21 heavy (non-hydrogen) atoms. The smallest absolute Gasteiger partial charge is 0.258 e. The lowest BCUT2D eigenvalue weighted by Gasteiger charge is -2.02. The molecule has 2 aromatic carbocycles. The van der Waals surface area contributed by atoms with E-state index in [1.807, 2.05) is 0 Å². The molecule has 3 rings (SSSR count). The van der Waals surface area contributed by atoms with Gasteiger partial charge in [0.15, 0.2) is 11.6 Å². The highest BCUT2D eigenvalue weighted by Gasteiger charge is 2.13. The van der Waals surface area contributed by atoms with Crippen molar-refractivity contribution >= 4 is 0 Å². The third kappa shape index (κ3) is 2.55. The number of ether oxygens (including phenoxy) is 1. The van der Waals surface area contributed by atoms with Crippen LogP contribution in [0.5, 0.6) is 11.5 Å². The molecule has 1 heterocycles. The van der Waals surface area contributed by atoms with Crippen LogP contribution in [0.4, 0.5) is 4.39 Å². The second kappa shape index (κ2) is 5.24. The molecule has 0 aliphatic rings. The molecule has 0 amide bonds.